The van der Waals surface area contributed by atoms with Crippen LogP contribution in [0.5, 0.6) is 0 Å². The van der Waals surface area contributed by atoms with Crippen molar-refractivity contribution in [1.82, 2.24) is 15.2 Å². The fourth-order valence-corrected chi connectivity index (χ4v) is 4.89. The summed E-state index contributed by atoms with van der Waals surface area (Å²) in [5.74, 6) is -1.73. The van der Waals surface area contributed by atoms with Crippen molar-refractivity contribution in [2.75, 3.05) is 19.7 Å². The smallest absolute Gasteiger partial charge is 0.306 e. The summed E-state index contributed by atoms with van der Waals surface area (Å²) in [5.41, 5.74) is 5.58. The minimum Gasteiger partial charge on any atom is -0.455 e. The number of amides is 2. The van der Waals surface area contributed by atoms with E-state index < -0.39 is 34.4 Å². The molecule has 33 heavy (non-hydrogen) atoms. The minimum absolute atomic E-state index is 0.0296. The second-order valence-corrected chi connectivity index (χ2v) is 9.58. The Bertz CT molecular complexity index is 1070. The van der Waals surface area contributed by atoms with Gasteiger partial charge >= 0.3 is 5.97 Å². The molecule has 1 aliphatic rings. The van der Waals surface area contributed by atoms with Crippen LogP contribution in [0.15, 0.2) is 59.5 Å². The Morgan fingerprint density at radius 3 is 2.21 bits per heavy atom. The van der Waals surface area contributed by atoms with Gasteiger partial charge < -0.3 is 4.74 Å². The number of carbonyl (C=O) groups is 3. The molecule has 2 aromatic carbocycles. The normalized spacial score (nSPS) is 14.3. The first-order valence-electron chi connectivity index (χ1n) is 10.8. The van der Waals surface area contributed by atoms with Gasteiger partial charge in [-0.2, -0.15) is 4.31 Å². The Labute approximate surface area is 193 Å². The van der Waals surface area contributed by atoms with Crippen LogP contribution >= 0.6 is 0 Å². The molecule has 2 N–H and O–H groups in total. The van der Waals surface area contributed by atoms with Gasteiger partial charge in [0.15, 0.2) is 6.61 Å². The lowest BCUT2D eigenvalue weighted by Gasteiger charge is -2.25. The van der Waals surface area contributed by atoms with Crippen molar-refractivity contribution in [3.8, 4) is 0 Å². The number of hydrogen-bond acceptors (Lipinski definition) is 6. The van der Waals surface area contributed by atoms with Gasteiger partial charge in [-0.05, 0) is 49.1 Å². The summed E-state index contributed by atoms with van der Waals surface area (Å²) in [4.78, 5) is 35.8. The summed E-state index contributed by atoms with van der Waals surface area (Å²) in [5, 5.41) is 0. The fraction of sp³-hybridized carbons (Fsp3) is 0.348. The predicted octanol–water partition coefficient (Wildman–Crippen LogP) is 1.80. The second-order valence-electron chi connectivity index (χ2n) is 7.64. The fourth-order valence-electron chi connectivity index (χ4n) is 3.37. The molecule has 0 aromatic heterocycles. The van der Waals surface area contributed by atoms with Crippen molar-refractivity contribution in [1.29, 1.82) is 0 Å². The number of rotatable bonds is 8. The third-order valence-corrected chi connectivity index (χ3v) is 7.12. The van der Waals surface area contributed by atoms with Crippen LogP contribution in [0.4, 0.5) is 0 Å². The summed E-state index contributed by atoms with van der Waals surface area (Å²) in [7, 11) is -3.49. The summed E-state index contributed by atoms with van der Waals surface area (Å²) in [6.07, 6.45) is 3.16. The zero-order chi connectivity index (χ0) is 23.7. The Hall–Kier alpha value is -3.24. The number of esters is 1. The monoisotopic (exact) mass is 473 g/mol. The third-order valence-electron chi connectivity index (χ3n) is 5.21. The highest BCUT2D eigenvalue weighted by atomic mass is 32.2. The van der Waals surface area contributed by atoms with Crippen LogP contribution < -0.4 is 10.9 Å². The van der Waals surface area contributed by atoms with Crippen molar-refractivity contribution in [2.24, 2.45) is 0 Å². The van der Waals surface area contributed by atoms with Crippen LogP contribution in [0.1, 0.15) is 41.6 Å². The lowest BCUT2D eigenvalue weighted by molar-refractivity contribution is -0.148. The van der Waals surface area contributed by atoms with Gasteiger partial charge in [0.2, 0.25) is 10.0 Å². The van der Waals surface area contributed by atoms with Crippen LogP contribution in [0.25, 0.3) is 0 Å². The maximum atomic E-state index is 12.7. The Morgan fingerprint density at radius 1 is 0.879 bits per heavy atom. The van der Waals surface area contributed by atoms with Gasteiger partial charge in [0.1, 0.15) is 0 Å². The summed E-state index contributed by atoms with van der Waals surface area (Å²) in [6, 6.07) is 14.8. The molecule has 2 amide bonds. The summed E-state index contributed by atoms with van der Waals surface area (Å²) >= 11 is 0. The molecular formula is C23H27N3O6S. The lowest BCUT2D eigenvalue weighted by Crippen LogP contribution is -2.43. The van der Waals surface area contributed by atoms with Crippen molar-refractivity contribution in [3.05, 3.63) is 65.7 Å². The molecule has 3 rings (SSSR count). The van der Waals surface area contributed by atoms with Crippen LogP contribution in [0.2, 0.25) is 0 Å². The second kappa shape index (κ2) is 11.6. The number of benzene rings is 2. The van der Waals surface area contributed by atoms with Gasteiger partial charge in [-0.1, -0.05) is 36.8 Å². The molecule has 0 radical (unpaired) electrons. The SMILES string of the molecule is O=C(COC(=O)CCc1ccc(S(=O)(=O)N2CCCCC2)cc1)NNC(=O)c1ccccc1. The number of piperidine rings is 1. The van der Waals surface area contributed by atoms with Crippen molar-refractivity contribution in [2.45, 2.75) is 37.0 Å². The molecule has 0 spiro atoms. The number of ether oxygens (including phenoxy) is 1. The molecule has 1 saturated heterocycles. The number of aryl methyl sites for hydroxylation is 1. The van der Waals surface area contributed by atoms with Gasteiger partial charge in [-0.3, -0.25) is 25.2 Å². The Kier molecular flexibility index (Phi) is 8.56. The van der Waals surface area contributed by atoms with E-state index in [0.717, 1.165) is 24.8 Å². The number of hydrogen-bond donors (Lipinski definition) is 2. The zero-order valence-electron chi connectivity index (χ0n) is 18.2. The molecule has 2 aromatic rings. The van der Waals surface area contributed by atoms with Crippen LogP contribution in [-0.4, -0.2) is 50.2 Å². The molecule has 1 aliphatic heterocycles. The topological polar surface area (TPSA) is 122 Å². The maximum absolute atomic E-state index is 12.7. The van der Waals surface area contributed by atoms with Crippen LogP contribution in [-0.2, 0) is 30.8 Å². The first-order chi connectivity index (χ1) is 15.9. The third kappa shape index (κ3) is 7.13. The van der Waals surface area contributed by atoms with Gasteiger partial charge in [0.05, 0.1) is 4.90 Å². The van der Waals surface area contributed by atoms with E-state index in [9.17, 15) is 22.8 Å². The number of sulfonamides is 1. The molecule has 0 saturated carbocycles. The van der Waals surface area contributed by atoms with Gasteiger partial charge in [0.25, 0.3) is 11.8 Å². The van der Waals surface area contributed by atoms with Crippen LogP contribution in [0.3, 0.4) is 0 Å². The summed E-state index contributed by atoms with van der Waals surface area (Å²) in [6.45, 7) is 0.555. The van der Waals surface area contributed by atoms with E-state index in [1.54, 1.807) is 54.6 Å². The molecule has 0 bridgehead atoms. The van der Waals surface area contributed by atoms with Crippen LogP contribution in [0, 0.1) is 0 Å². The van der Waals surface area contributed by atoms with E-state index in [1.165, 1.54) is 4.31 Å². The highest BCUT2D eigenvalue weighted by molar-refractivity contribution is 7.89. The standard InChI is InChI=1S/C23H27N3O6S/c27-21(24-25-23(29)19-7-3-1-4-8-19)17-32-22(28)14-11-18-9-12-20(13-10-18)33(30,31)26-15-5-2-6-16-26/h1,3-4,7-10,12-13H,2,5-6,11,14-17H2,(H,24,27)(H,25,29). The van der Waals surface area contributed by atoms with Gasteiger partial charge in [-0.15, -0.1) is 0 Å². The van der Waals surface area contributed by atoms with E-state index in [2.05, 4.69) is 10.9 Å². The highest BCUT2D eigenvalue weighted by Crippen LogP contribution is 2.21. The van der Waals surface area contributed by atoms with Gasteiger partial charge in [0, 0.05) is 25.1 Å². The van der Waals surface area contributed by atoms with Crippen molar-refractivity contribution < 1.29 is 27.5 Å². The van der Waals surface area contributed by atoms with E-state index in [0.29, 0.717) is 25.1 Å². The minimum atomic E-state index is -3.49. The van der Waals surface area contributed by atoms with Crippen molar-refractivity contribution in [3.63, 3.8) is 0 Å². The van der Waals surface area contributed by atoms with Gasteiger partial charge in [-0.25, -0.2) is 8.42 Å². The number of hydrazine groups is 1. The zero-order valence-corrected chi connectivity index (χ0v) is 19.0. The number of nitrogens with zero attached hydrogens (tertiary/aromatic N) is 1. The molecule has 1 fully saturated rings. The first-order valence-corrected chi connectivity index (χ1v) is 12.2. The largest absolute Gasteiger partial charge is 0.455 e. The first kappa shape index (κ1) is 24.4. The molecule has 0 atom stereocenters. The van der Waals surface area contributed by atoms with E-state index in [4.69, 9.17) is 4.74 Å². The molecular weight excluding hydrogens is 446 g/mol. The highest BCUT2D eigenvalue weighted by Gasteiger charge is 2.25. The maximum Gasteiger partial charge on any atom is 0.306 e. The Morgan fingerprint density at radius 2 is 1.55 bits per heavy atom. The molecule has 10 heteroatoms. The predicted molar refractivity (Wildman–Crippen MR) is 120 cm³/mol. The molecule has 0 unspecified atom stereocenters. The van der Waals surface area contributed by atoms with E-state index in [1.807, 2.05) is 0 Å². The van der Waals surface area contributed by atoms with E-state index in [-0.39, 0.29) is 11.3 Å². The quantitative estimate of drug-likeness (QED) is 0.445. The molecule has 0 aliphatic carbocycles. The number of nitrogens with one attached hydrogen (secondary N) is 2. The van der Waals surface area contributed by atoms with Crippen molar-refractivity contribution >= 4 is 27.8 Å². The van der Waals surface area contributed by atoms with E-state index >= 15 is 0 Å². The molecule has 1 heterocycles. The number of carbonyl (C=O) groups excluding carboxylic acids is 3. The average molecular weight is 474 g/mol. The molecule has 9 nitrogen and oxygen atoms in total. The average Bonchev–Trinajstić information content (AvgIpc) is 2.86. The Balaban J connectivity index is 1.39. The molecule has 176 valence electrons. The lowest BCUT2D eigenvalue weighted by atomic mass is 10.1. The summed E-state index contributed by atoms with van der Waals surface area (Å²) < 4.78 is 31.8.